The van der Waals surface area contributed by atoms with Crippen LogP contribution in [-0.2, 0) is 4.79 Å². The number of aliphatic hydroxyl groups excluding tert-OH is 2. The molecule has 0 saturated heterocycles. The van der Waals surface area contributed by atoms with Gasteiger partial charge in [0, 0.05) is 6.42 Å². The Hall–Kier alpha value is -1.39. The number of carbonyl (C=O) groups excluding carboxylic acids is 1. The molecule has 0 aliphatic carbocycles. The van der Waals surface area contributed by atoms with Crippen LogP contribution in [0, 0.1) is 0 Å². The third kappa shape index (κ3) is 57.4. The number of aliphatic hydroxyl groups is 2. The predicted molar refractivity (Wildman–Crippen MR) is 308 cm³/mol. The summed E-state index contributed by atoms with van der Waals surface area (Å²) in [6, 6.07) is -0.644. The summed E-state index contributed by atoms with van der Waals surface area (Å²) in [7, 11) is 0. The summed E-state index contributed by atoms with van der Waals surface area (Å²) in [5, 5.41) is 23.1. The Morgan fingerprint density at radius 3 is 0.841 bits per heavy atom. The van der Waals surface area contributed by atoms with Gasteiger partial charge in [-0.3, -0.25) is 4.79 Å². The molecule has 2 unspecified atom stereocenters. The fraction of sp³-hybridized carbons (Fsp3) is 0.892. The second-order valence-corrected chi connectivity index (χ2v) is 21.8. The Labute approximate surface area is 433 Å². The van der Waals surface area contributed by atoms with E-state index < -0.39 is 12.1 Å². The zero-order valence-electron chi connectivity index (χ0n) is 47.1. The number of unbranched alkanes of at least 4 members (excludes halogenated alkanes) is 48. The maximum absolute atomic E-state index is 12.5. The van der Waals surface area contributed by atoms with Gasteiger partial charge in [0.25, 0.3) is 0 Å². The van der Waals surface area contributed by atoms with Crippen LogP contribution in [0.1, 0.15) is 354 Å². The second kappa shape index (κ2) is 60.9. The maximum Gasteiger partial charge on any atom is 0.220 e. The fourth-order valence-electron chi connectivity index (χ4n) is 10.0. The molecule has 0 saturated carbocycles. The molecule has 0 aliphatic heterocycles. The normalized spacial score (nSPS) is 12.9. The Bertz CT molecular complexity index is 1050. The minimum Gasteiger partial charge on any atom is -0.394 e. The van der Waals surface area contributed by atoms with Crippen molar-refractivity contribution in [2.24, 2.45) is 0 Å². The zero-order valence-corrected chi connectivity index (χ0v) is 47.1. The first-order chi connectivity index (χ1) is 34.2. The molecule has 0 aromatic carbocycles. The number of nitrogens with one attached hydrogen (secondary N) is 1. The van der Waals surface area contributed by atoms with Gasteiger partial charge in [0.05, 0.1) is 18.8 Å². The highest BCUT2D eigenvalue weighted by molar-refractivity contribution is 5.76. The van der Waals surface area contributed by atoms with E-state index in [0.717, 1.165) is 38.5 Å². The lowest BCUT2D eigenvalue weighted by atomic mass is 10.0. The number of amides is 1. The predicted octanol–water partition coefficient (Wildman–Crippen LogP) is 21.2. The van der Waals surface area contributed by atoms with Gasteiger partial charge >= 0.3 is 0 Å². The number of rotatable bonds is 59. The van der Waals surface area contributed by atoms with E-state index in [-0.39, 0.29) is 12.5 Å². The third-order valence-corrected chi connectivity index (χ3v) is 14.9. The monoisotopic (exact) mass is 968 g/mol. The molecule has 1 amide bonds. The van der Waals surface area contributed by atoms with Crippen LogP contribution in [0.2, 0.25) is 0 Å². The Morgan fingerprint density at radius 1 is 0.333 bits per heavy atom. The van der Waals surface area contributed by atoms with Crippen LogP contribution in [0.3, 0.4) is 0 Å². The van der Waals surface area contributed by atoms with Gasteiger partial charge in [-0.05, 0) is 44.9 Å². The van der Waals surface area contributed by atoms with Crippen molar-refractivity contribution in [2.75, 3.05) is 6.61 Å². The van der Waals surface area contributed by atoms with E-state index >= 15 is 0 Å². The van der Waals surface area contributed by atoms with Gasteiger partial charge in [-0.1, -0.05) is 339 Å². The SMILES string of the molecule is CCCCCCCCCCC/C=C/CC/C=C/CC/C=C/C(O)C(CO)NC(=O)CCCCCCCCCCCCCCCCCCCCCCCCCCCCCCCCCCCCCCCC. The molecule has 0 fully saturated rings. The van der Waals surface area contributed by atoms with E-state index in [4.69, 9.17) is 0 Å². The standard InChI is InChI=1S/C65H125NO3/c1-3-5-7-9-11-13-15-17-19-21-23-24-25-26-27-28-29-30-31-32-33-34-35-36-37-38-39-40-41-43-45-47-49-51-53-55-57-59-61-65(69)66-63(62-67)64(68)60-58-56-54-52-50-48-46-44-42-22-20-18-16-14-12-10-8-6-4-2/h42,44,50,52,58,60,63-64,67-68H,3-41,43,45-49,51,53-57,59,61-62H2,1-2H3,(H,66,69)/b44-42+,52-50+,60-58+. The number of allylic oxidation sites excluding steroid dienone is 5. The molecule has 408 valence electrons. The summed E-state index contributed by atoms with van der Waals surface area (Å²) >= 11 is 0. The lowest BCUT2D eigenvalue weighted by Gasteiger charge is -2.19. The van der Waals surface area contributed by atoms with E-state index in [9.17, 15) is 15.0 Å². The molecular formula is C65H125NO3. The van der Waals surface area contributed by atoms with Crippen molar-refractivity contribution in [1.82, 2.24) is 5.32 Å². The van der Waals surface area contributed by atoms with Crippen LogP contribution in [0.25, 0.3) is 0 Å². The number of hydrogen-bond donors (Lipinski definition) is 3. The molecule has 0 radical (unpaired) electrons. The largest absolute Gasteiger partial charge is 0.394 e. The van der Waals surface area contributed by atoms with Crippen LogP contribution in [0.5, 0.6) is 0 Å². The highest BCUT2D eigenvalue weighted by Gasteiger charge is 2.18. The van der Waals surface area contributed by atoms with Crippen molar-refractivity contribution in [3.63, 3.8) is 0 Å². The summed E-state index contributed by atoms with van der Waals surface area (Å²) in [6.45, 7) is 4.33. The summed E-state index contributed by atoms with van der Waals surface area (Å²) in [4.78, 5) is 12.5. The summed E-state index contributed by atoms with van der Waals surface area (Å²) in [5.41, 5.74) is 0. The Morgan fingerprint density at radius 2 is 0.565 bits per heavy atom. The van der Waals surface area contributed by atoms with E-state index in [0.29, 0.717) is 6.42 Å². The number of carbonyl (C=O) groups is 1. The quantitative estimate of drug-likeness (QED) is 0.0420. The van der Waals surface area contributed by atoms with Crippen molar-refractivity contribution in [1.29, 1.82) is 0 Å². The summed E-state index contributed by atoms with van der Waals surface area (Å²) in [5.74, 6) is -0.0712. The molecule has 3 N–H and O–H groups in total. The fourth-order valence-corrected chi connectivity index (χ4v) is 10.0. The maximum atomic E-state index is 12.5. The summed E-state index contributed by atoms with van der Waals surface area (Å²) < 4.78 is 0. The van der Waals surface area contributed by atoms with Gasteiger partial charge in [-0.2, -0.15) is 0 Å². The Balaban J connectivity index is 3.41. The van der Waals surface area contributed by atoms with Crippen LogP contribution in [0.15, 0.2) is 36.5 Å². The highest BCUT2D eigenvalue weighted by atomic mass is 16.3. The minimum absolute atomic E-state index is 0.0712. The molecule has 0 rings (SSSR count). The van der Waals surface area contributed by atoms with Crippen molar-refractivity contribution in [3.05, 3.63) is 36.5 Å². The second-order valence-electron chi connectivity index (χ2n) is 21.8. The van der Waals surface area contributed by atoms with Gasteiger partial charge in [-0.25, -0.2) is 0 Å². The van der Waals surface area contributed by atoms with Crippen LogP contribution in [0.4, 0.5) is 0 Å². The molecule has 0 spiro atoms. The van der Waals surface area contributed by atoms with Gasteiger partial charge in [0.1, 0.15) is 0 Å². The molecule has 4 nitrogen and oxygen atoms in total. The van der Waals surface area contributed by atoms with Crippen molar-refractivity contribution in [3.8, 4) is 0 Å². The molecule has 2 atom stereocenters. The van der Waals surface area contributed by atoms with Crippen molar-refractivity contribution < 1.29 is 15.0 Å². The van der Waals surface area contributed by atoms with Crippen LogP contribution < -0.4 is 5.32 Å². The molecule has 69 heavy (non-hydrogen) atoms. The topological polar surface area (TPSA) is 69.6 Å². The van der Waals surface area contributed by atoms with Gasteiger partial charge < -0.3 is 15.5 Å². The lowest BCUT2D eigenvalue weighted by molar-refractivity contribution is -0.123. The molecule has 0 aliphatic rings. The third-order valence-electron chi connectivity index (χ3n) is 14.9. The van der Waals surface area contributed by atoms with E-state index in [1.807, 2.05) is 6.08 Å². The molecule has 0 bridgehead atoms. The van der Waals surface area contributed by atoms with E-state index in [2.05, 4.69) is 43.5 Å². The van der Waals surface area contributed by atoms with Gasteiger partial charge in [-0.15, -0.1) is 0 Å². The highest BCUT2D eigenvalue weighted by Crippen LogP contribution is 2.18. The first-order valence-corrected chi connectivity index (χ1v) is 31.7. The van der Waals surface area contributed by atoms with Crippen LogP contribution >= 0.6 is 0 Å². The molecule has 0 aromatic rings. The average molecular weight is 969 g/mol. The minimum atomic E-state index is -0.869. The molecule has 4 heteroatoms. The average Bonchev–Trinajstić information content (AvgIpc) is 3.35. The molecule has 0 aromatic heterocycles. The van der Waals surface area contributed by atoms with Gasteiger partial charge in [0.15, 0.2) is 0 Å². The van der Waals surface area contributed by atoms with E-state index in [1.165, 1.54) is 295 Å². The van der Waals surface area contributed by atoms with Crippen molar-refractivity contribution in [2.45, 2.75) is 366 Å². The first-order valence-electron chi connectivity index (χ1n) is 31.7. The molecular weight excluding hydrogens is 843 g/mol. The zero-order chi connectivity index (χ0) is 49.9. The first kappa shape index (κ1) is 67.6. The van der Waals surface area contributed by atoms with Crippen molar-refractivity contribution >= 4 is 5.91 Å². The van der Waals surface area contributed by atoms with Crippen LogP contribution in [-0.4, -0.2) is 34.9 Å². The lowest BCUT2D eigenvalue weighted by Crippen LogP contribution is -2.45. The smallest absolute Gasteiger partial charge is 0.220 e. The van der Waals surface area contributed by atoms with E-state index in [1.54, 1.807) is 6.08 Å². The van der Waals surface area contributed by atoms with Gasteiger partial charge in [0.2, 0.25) is 5.91 Å². The molecule has 0 heterocycles. The number of hydrogen-bond acceptors (Lipinski definition) is 3. The Kier molecular flexibility index (Phi) is 59.7. The summed E-state index contributed by atoms with van der Waals surface area (Å²) in [6.07, 6.45) is 83.6.